The second-order valence-electron chi connectivity index (χ2n) is 22.5. The molecule has 0 heterocycles. The Morgan fingerprint density at radius 1 is 0.462 bits per heavy atom. The maximum Gasteiger partial charge on any atom is 0.472 e. The number of amides is 1. The molecule has 0 spiro atoms. The van der Waals surface area contributed by atoms with Crippen LogP contribution in [0, 0.1) is 0 Å². The Kier molecular flexibility index (Phi) is 54.9. The summed E-state index contributed by atoms with van der Waals surface area (Å²) in [4.78, 5) is 37.7. The van der Waals surface area contributed by atoms with Crippen molar-refractivity contribution in [3.63, 3.8) is 0 Å². The zero-order valence-electron chi connectivity index (χ0n) is 51.4. The van der Waals surface area contributed by atoms with Crippen LogP contribution in [0.25, 0.3) is 0 Å². The highest BCUT2D eigenvalue weighted by Crippen LogP contribution is 2.43. The van der Waals surface area contributed by atoms with E-state index in [-0.39, 0.29) is 31.5 Å². The fraction of sp³-hybridized carbons (Fsp3) is 0.735. The Morgan fingerprint density at radius 2 is 0.821 bits per heavy atom. The van der Waals surface area contributed by atoms with Crippen LogP contribution in [0.1, 0.15) is 271 Å². The van der Waals surface area contributed by atoms with Crippen molar-refractivity contribution in [3.05, 3.63) is 97.2 Å². The molecule has 3 unspecified atom stereocenters. The number of carbonyl (C=O) groups excluding carboxylic acids is 2. The van der Waals surface area contributed by atoms with Crippen molar-refractivity contribution in [3.8, 4) is 0 Å². The van der Waals surface area contributed by atoms with Crippen molar-refractivity contribution in [1.82, 2.24) is 5.32 Å². The van der Waals surface area contributed by atoms with E-state index in [4.69, 9.17) is 13.8 Å². The van der Waals surface area contributed by atoms with Crippen LogP contribution in [0.2, 0.25) is 0 Å². The second kappa shape index (κ2) is 57.2. The quantitative estimate of drug-likeness (QED) is 0.0205. The number of likely N-dealkylation sites (N-methyl/N-ethyl adjacent to an activating group) is 1. The molecule has 78 heavy (non-hydrogen) atoms. The molecule has 0 saturated carbocycles. The molecule has 9 nitrogen and oxygen atoms in total. The highest BCUT2D eigenvalue weighted by Gasteiger charge is 2.30. The van der Waals surface area contributed by atoms with E-state index in [0.29, 0.717) is 17.4 Å². The molecule has 1 amide bonds. The van der Waals surface area contributed by atoms with Gasteiger partial charge in [-0.3, -0.25) is 18.6 Å². The molecule has 0 aromatic carbocycles. The summed E-state index contributed by atoms with van der Waals surface area (Å²) in [6.45, 7) is 6.79. The minimum atomic E-state index is -4.46. The number of ether oxygens (including phenoxy) is 1. The van der Waals surface area contributed by atoms with Gasteiger partial charge < -0.3 is 19.4 Å². The van der Waals surface area contributed by atoms with E-state index in [0.717, 1.165) is 128 Å². The summed E-state index contributed by atoms with van der Waals surface area (Å²) in [6, 6.07) is -0.860. The lowest BCUT2D eigenvalue weighted by molar-refractivity contribution is -0.870. The van der Waals surface area contributed by atoms with E-state index in [1.807, 2.05) is 33.3 Å². The minimum absolute atomic E-state index is 0.0337. The van der Waals surface area contributed by atoms with Crippen LogP contribution in [0.3, 0.4) is 0 Å². The Morgan fingerprint density at radius 3 is 1.23 bits per heavy atom. The van der Waals surface area contributed by atoms with Gasteiger partial charge in [0, 0.05) is 12.8 Å². The van der Waals surface area contributed by atoms with Crippen molar-refractivity contribution >= 4 is 19.7 Å². The molecule has 2 N–H and O–H groups in total. The number of unbranched alkanes of at least 4 members (excludes halogenated alkanes) is 27. The summed E-state index contributed by atoms with van der Waals surface area (Å²) in [5.74, 6) is -0.523. The van der Waals surface area contributed by atoms with Gasteiger partial charge in [0.05, 0.1) is 33.8 Å². The first-order chi connectivity index (χ1) is 37.9. The molecule has 0 radical (unpaired) electrons. The van der Waals surface area contributed by atoms with Crippen molar-refractivity contribution in [2.45, 2.75) is 283 Å². The van der Waals surface area contributed by atoms with Crippen LogP contribution in [0.15, 0.2) is 97.2 Å². The number of rotatable bonds is 57. The van der Waals surface area contributed by atoms with Crippen molar-refractivity contribution < 1.29 is 37.3 Å². The van der Waals surface area contributed by atoms with Gasteiger partial charge in [0.15, 0.2) is 0 Å². The molecule has 0 aliphatic rings. The predicted molar refractivity (Wildman–Crippen MR) is 337 cm³/mol. The first-order valence-corrected chi connectivity index (χ1v) is 33.6. The topological polar surface area (TPSA) is 111 Å². The van der Waals surface area contributed by atoms with Gasteiger partial charge in [-0.1, -0.05) is 253 Å². The van der Waals surface area contributed by atoms with Crippen LogP contribution >= 0.6 is 7.82 Å². The van der Waals surface area contributed by atoms with Gasteiger partial charge in [-0.2, -0.15) is 0 Å². The lowest BCUT2D eigenvalue weighted by atomic mass is 10.0. The summed E-state index contributed by atoms with van der Waals surface area (Å²) < 4.78 is 30.7. The average molecular weight is 1110 g/mol. The highest BCUT2D eigenvalue weighted by atomic mass is 31.2. The average Bonchev–Trinajstić information content (AvgIpc) is 3.40. The lowest BCUT2D eigenvalue weighted by Gasteiger charge is -2.27. The SMILES string of the molecule is CC/C=C\C/C=C\C/C=C\C/C=C\C/C=C\CCCCCCCCCCCC(=O)OC(/C=C\CCCCCCCCCCCCC)C(COP(=O)(O)OCC[N+](C)(C)C)NC(=O)CCCCCCCCC/C=C/C/C=C/CC. The number of nitrogens with zero attached hydrogens (tertiary/aromatic N) is 1. The normalized spacial score (nSPS) is 14.3. The zero-order valence-corrected chi connectivity index (χ0v) is 52.3. The van der Waals surface area contributed by atoms with Gasteiger partial charge in [-0.05, 0) is 102 Å². The highest BCUT2D eigenvalue weighted by molar-refractivity contribution is 7.47. The molecule has 450 valence electrons. The monoisotopic (exact) mass is 1110 g/mol. The van der Waals surface area contributed by atoms with Crippen molar-refractivity contribution in [2.24, 2.45) is 0 Å². The Balaban J connectivity index is 5.18. The van der Waals surface area contributed by atoms with Gasteiger partial charge in [0.25, 0.3) is 0 Å². The molecule has 0 saturated heterocycles. The molecule has 0 bridgehead atoms. The number of esters is 1. The Labute approximate surface area is 481 Å². The second-order valence-corrected chi connectivity index (χ2v) is 24.0. The van der Waals surface area contributed by atoms with Gasteiger partial charge in [0.2, 0.25) is 5.91 Å². The molecular formula is C68H122N2O7P+. The number of hydrogen-bond acceptors (Lipinski definition) is 6. The number of nitrogens with one attached hydrogen (secondary N) is 1. The van der Waals surface area contributed by atoms with E-state index in [1.165, 1.54) is 109 Å². The van der Waals surface area contributed by atoms with Crippen molar-refractivity contribution in [1.29, 1.82) is 0 Å². The molecule has 0 aromatic heterocycles. The molecule has 0 aliphatic carbocycles. The van der Waals surface area contributed by atoms with Crippen LogP contribution < -0.4 is 5.32 Å². The predicted octanol–water partition coefficient (Wildman–Crippen LogP) is 19.9. The number of carbonyl (C=O) groups is 2. The van der Waals surface area contributed by atoms with Crippen LogP contribution in [0.5, 0.6) is 0 Å². The maximum atomic E-state index is 13.5. The largest absolute Gasteiger partial charge is 0.472 e. The number of hydrogen-bond donors (Lipinski definition) is 2. The fourth-order valence-electron chi connectivity index (χ4n) is 8.89. The van der Waals surface area contributed by atoms with E-state index >= 15 is 0 Å². The van der Waals surface area contributed by atoms with Gasteiger partial charge in [-0.25, -0.2) is 4.57 Å². The molecule has 0 rings (SSSR count). The Bertz CT molecular complexity index is 1660. The van der Waals surface area contributed by atoms with Crippen molar-refractivity contribution in [2.75, 3.05) is 40.9 Å². The standard InChI is InChI=1S/C68H121N2O7P/c1-7-10-13-16-19-22-25-28-30-31-32-33-34-35-36-37-38-39-40-43-46-49-52-55-58-61-68(72)77-66(59-56-53-50-47-44-41-27-24-21-18-15-12-9-3)65(64-76-78(73,74)75-63-62-70(4,5)6)69-67(71)60-57-54-51-48-45-42-29-26-23-20-17-14-11-8-2/h10-11,13-14,19-20,22-23,28,30,32-33,35-36,56,59,65-66H,7-9,12,15-18,21,24-27,29,31,34,37-55,57-58,60-64H2,1-6H3,(H-,69,71,73,74)/p+1/b13-10-,14-11+,22-19-,23-20+,30-28-,33-32-,36-35-,59-56-. The smallest absolute Gasteiger partial charge is 0.456 e. The molecule has 10 heteroatoms. The van der Waals surface area contributed by atoms with Gasteiger partial charge >= 0.3 is 13.8 Å². The summed E-state index contributed by atoms with van der Waals surface area (Å²) >= 11 is 0. The number of quaternary nitrogens is 1. The van der Waals surface area contributed by atoms with Crippen LogP contribution in [-0.4, -0.2) is 74.3 Å². The van der Waals surface area contributed by atoms with Gasteiger partial charge in [-0.15, -0.1) is 0 Å². The summed E-state index contributed by atoms with van der Waals surface area (Å²) in [7, 11) is 1.48. The maximum absolute atomic E-state index is 13.5. The van der Waals surface area contributed by atoms with E-state index in [9.17, 15) is 19.0 Å². The third-order valence-electron chi connectivity index (χ3n) is 13.8. The summed E-state index contributed by atoms with van der Waals surface area (Å²) in [5, 5.41) is 3.05. The van der Waals surface area contributed by atoms with E-state index in [2.05, 4.69) is 111 Å². The Hall–Kier alpha value is -3.07. The molecule has 0 fully saturated rings. The molecule has 0 aliphatic heterocycles. The first kappa shape index (κ1) is 74.9. The van der Waals surface area contributed by atoms with Crippen LogP contribution in [-0.2, 0) is 27.9 Å². The van der Waals surface area contributed by atoms with Crippen LogP contribution in [0.4, 0.5) is 0 Å². The molecule has 3 atom stereocenters. The zero-order chi connectivity index (χ0) is 57.2. The number of phosphoric ester groups is 1. The molecule has 0 aromatic rings. The lowest BCUT2D eigenvalue weighted by Crippen LogP contribution is -2.47. The van der Waals surface area contributed by atoms with E-state index in [1.54, 1.807) is 0 Å². The number of allylic oxidation sites excluding steroid dienone is 15. The minimum Gasteiger partial charge on any atom is -0.456 e. The summed E-state index contributed by atoms with van der Waals surface area (Å²) in [6.07, 6.45) is 76.9. The first-order valence-electron chi connectivity index (χ1n) is 32.1. The third kappa shape index (κ3) is 57.6. The van der Waals surface area contributed by atoms with E-state index < -0.39 is 20.0 Å². The fourth-order valence-corrected chi connectivity index (χ4v) is 9.62. The third-order valence-corrected chi connectivity index (χ3v) is 14.8. The summed E-state index contributed by atoms with van der Waals surface area (Å²) in [5.41, 5.74) is 0. The number of phosphoric acid groups is 1. The molecular weight excluding hydrogens is 988 g/mol. The van der Waals surface area contributed by atoms with Gasteiger partial charge in [0.1, 0.15) is 19.3 Å².